The van der Waals surface area contributed by atoms with Gasteiger partial charge in [0.2, 0.25) is 0 Å². The van der Waals surface area contributed by atoms with Crippen LogP contribution in [0.5, 0.6) is 0 Å². The molecule has 2 aromatic rings. The highest BCUT2D eigenvalue weighted by Gasteiger charge is 2.23. The van der Waals surface area contributed by atoms with Gasteiger partial charge in [-0.05, 0) is 18.6 Å². The molecule has 0 spiro atoms. The van der Waals surface area contributed by atoms with Gasteiger partial charge in [0.15, 0.2) is 0 Å². The average Bonchev–Trinajstić information content (AvgIpc) is 2.82. The number of rotatable bonds is 4. The minimum atomic E-state index is -1.14. The van der Waals surface area contributed by atoms with Crippen molar-refractivity contribution in [3.05, 3.63) is 50.7 Å². The van der Waals surface area contributed by atoms with Crippen LogP contribution in [0.2, 0.25) is 5.02 Å². The largest absolute Gasteiger partial charge is 0.478 e. The molecule has 0 atom stereocenters. The molecule has 1 aromatic carbocycles. The van der Waals surface area contributed by atoms with E-state index in [1.165, 1.54) is 24.5 Å². The highest BCUT2D eigenvalue weighted by Crippen LogP contribution is 2.34. The van der Waals surface area contributed by atoms with E-state index in [4.69, 9.17) is 16.0 Å². The molecule has 1 heterocycles. The second-order valence-electron chi connectivity index (χ2n) is 4.05. The lowest BCUT2D eigenvalue weighted by atomic mass is 10.0. The molecule has 6 nitrogen and oxygen atoms in total. The summed E-state index contributed by atoms with van der Waals surface area (Å²) in [7, 11) is 0. The molecule has 1 N–H and O–H groups in total. The predicted molar refractivity (Wildman–Crippen MR) is 72.1 cm³/mol. The molecule has 0 aliphatic carbocycles. The van der Waals surface area contributed by atoms with Crippen LogP contribution in [-0.4, -0.2) is 16.0 Å². The van der Waals surface area contributed by atoms with E-state index in [-0.39, 0.29) is 22.0 Å². The van der Waals surface area contributed by atoms with E-state index in [0.717, 1.165) is 0 Å². The Kier molecular flexibility index (Phi) is 3.76. The first-order chi connectivity index (χ1) is 9.45. The Morgan fingerprint density at radius 1 is 1.50 bits per heavy atom. The molecule has 0 aliphatic heterocycles. The van der Waals surface area contributed by atoms with Gasteiger partial charge in [-0.15, -0.1) is 0 Å². The molecule has 2 rings (SSSR count). The van der Waals surface area contributed by atoms with Crippen molar-refractivity contribution >= 4 is 23.3 Å². The quantitative estimate of drug-likeness (QED) is 0.684. The summed E-state index contributed by atoms with van der Waals surface area (Å²) in [6, 6.07) is 4.03. The van der Waals surface area contributed by atoms with Gasteiger partial charge in [-0.25, -0.2) is 4.79 Å². The molecule has 7 heteroatoms. The van der Waals surface area contributed by atoms with Gasteiger partial charge in [-0.3, -0.25) is 10.1 Å². The maximum Gasteiger partial charge on any atom is 0.339 e. The molecule has 104 valence electrons. The van der Waals surface area contributed by atoms with Crippen molar-refractivity contribution < 1.29 is 19.2 Å². The molecule has 0 unspecified atom stereocenters. The van der Waals surface area contributed by atoms with Crippen LogP contribution in [0.15, 0.2) is 28.9 Å². The zero-order valence-electron chi connectivity index (χ0n) is 10.4. The Bertz CT molecular complexity index is 692. The third kappa shape index (κ3) is 2.37. The van der Waals surface area contributed by atoms with Crippen molar-refractivity contribution in [3.63, 3.8) is 0 Å². The maximum absolute atomic E-state index is 11.3. The smallest absolute Gasteiger partial charge is 0.339 e. The molecule has 0 radical (unpaired) electrons. The van der Waals surface area contributed by atoms with E-state index in [0.29, 0.717) is 17.5 Å². The Labute approximate surface area is 118 Å². The molecular formula is C13H10ClNO5. The number of nitro benzene ring substituents is 1. The molecule has 20 heavy (non-hydrogen) atoms. The number of aromatic carboxylic acids is 1. The number of benzene rings is 1. The zero-order chi connectivity index (χ0) is 14.9. The van der Waals surface area contributed by atoms with Gasteiger partial charge >= 0.3 is 5.97 Å². The number of nitrogens with zero attached hydrogens (tertiary/aromatic N) is 1. The van der Waals surface area contributed by atoms with Crippen LogP contribution in [0.3, 0.4) is 0 Å². The van der Waals surface area contributed by atoms with E-state index in [9.17, 15) is 20.0 Å². The first-order valence-electron chi connectivity index (χ1n) is 5.73. The number of carboxylic acid groups (broad SMARTS) is 1. The van der Waals surface area contributed by atoms with E-state index in [2.05, 4.69) is 0 Å². The third-order valence-electron chi connectivity index (χ3n) is 2.87. The Hall–Kier alpha value is -2.34. The summed E-state index contributed by atoms with van der Waals surface area (Å²) >= 11 is 5.72. The number of furan rings is 1. The van der Waals surface area contributed by atoms with E-state index in [1.807, 2.05) is 0 Å². The molecule has 0 saturated heterocycles. The lowest BCUT2D eigenvalue weighted by Crippen LogP contribution is -2.00. The molecule has 0 bridgehead atoms. The fourth-order valence-corrected chi connectivity index (χ4v) is 2.08. The zero-order valence-corrected chi connectivity index (χ0v) is 11.2. The van der Waals surface area contributed by atoms with Crippen LogP contribution in [-0.2, 0) is 6.42 Å². The Morgan fingerprint density at radius 2 is 2.20 bits per heavy atom. The van der Waals surface area contributed by atoms with Gasteiger partial charge in [-0.2, -0.15) is 0 Å². The maximum atomic E-state index is 11.3. The summed E-state index contributed by atoms with van der Waals surface area (Å²) in [5, 5.41) is 20.1. The second kappa shape index (κ2) is 5.34. The summed E-state index contributed by atoms with van der Waals surface area (Å²) in [4.78, 5) is 21.5. The lowest BCUT2D eigenvalue weighted by molar-refractivity contribution is -0.384. The summed E-state index contributed by atoms with van der Waals surface area (Å²) in [5.74, 6) is -1.04. The number of hydrogen-bond donors (Lipinski definition) is 1. The first kappa shape index (κ1) is 14.1. The first-order valence-corrected chi connectivity index (χ1v) is 6.11. The summed E-state index contributed by atoms with van der Waals surface area (Å²) < 4.78 is 5.26. The average molecular weight is 296 g/mol. The van der Waals surface area contributed by atoms with Crippen LogP contribution in [0.4, 0.5) is 5.69 Å². The van der Waals surface area contributed by atoms with Gasteiger partial charge in [-0.1, -0.05) is 18.5 Å². The summed E-state index contributed by atoms with van der Waals surface area (Å²) in [5.41, 5.74) is 0.558. The molecule has 0 aliphatic rings. The molecule has 0 fully saturated rings. The van der Waals surface area contributed by atoms with Gasteiger partial charge in [0.1, 0.15) is 16.3 Å². The van der Waals surface area contributed by atoms with E-state index < -0.39 is 10.9 Å². The number of aryl methyl sites for hydroxylation is 1. The van der Waals surface area contributed by atoms with Crippen LogP contribution < -0.4 is 0 Å². The third-order valence-corrected chi connectivity index (χ3v) is 3.19. The van der Waals surface area contributed by atoms with E-state index in [1.54, 1.807) is 6.92 Å². The van der Waals surface area contributed by atoms with Crippen molar-refractivity contribution in [2.75, 3.05) is 0 Å². The number of halogens is 1. The van der Waals surface area contributed by atoms with Gasteiger partial charge in [0, 0.05) is 17.2 Å². The number of carbonyl (C=O) groups is 1. The van der Waals surface area contributed by atoms with Crippen molar-refractivity contribution in [2.45, 2.75) is 13.3 Å². The normalized spacial score (nSPS) is 10.5. The number of nitro groups is 1. The predicted octanol–water partition coefficient (Wildman–Crippen LogP) is 3.77. The molecule has 0 saturated carbocycles. The highest BCUT2D eigenvalue weighted by atomic mass is 35.5. The van der Waals surface area contributed by atoms with Crippen LogP contribution in [0.1, 0.15) is 22.8 Å². The van der Waals surface area contributed by atoms with Gasteiger partial charge in [0.05, 0.1) is 11.2 Å². The Morgan fingerprint density at radius 3 is 2.75 bits per heavy atom. The second-order valence-corrected chi connectivity index (χ2v) is 4.45. The Balaban J connectivity index is 2.63. The van der Waals surface area contributed by atoms with Gasteiger partial charge in [0.25, 0.3) is 5.69 Å². The monoisotopic (exact) mass is 295 g/mol. The minimum absolute atomic E-state index is 0.0158. The van der Waals surface area contributed by atoms with Crippen molar-refractivity contribution in [2.24, 2.45) is 0 Å². The molecule has 0 amide bonds. The standard InChI is InChI=1S/C13H10ClNO5/c1-2-7-6-20-12(11(7)13(16)17)8-3-4-9(14)10(5-8)15(18)19/h3-6H,2H2,1H3,(H,16,17). The topological polar surface area (TPSA) is 93.6 Å². The van der Waals surface area contributed by atoms with Crippen molar-refractivity contribution in [1.82, 2.24) is 0 Å². The van der Waals surface area contributed by atoms with Crippen LogP contribution in [0, 0.1) is 10.1 Å². The minimum Gasteiger partial charge on any atom is -0.478 e. The van der Waals surface area contributed by atoms with E-state index >= 15 is 0 Å². The highest BCUT2D eigenvalue weighted by molar-refractivity contribution is 6.32. The molecular weight excluding hydrogens is 286 g/mol. The number of carboxylic acids is 1. The molecule has 1 aromatic heterocycles. The fourth-order valence-electron chi connectivity index (χ4n) is 1.89. The van der Waals surface area contributed by atoms with Crippen molar-refractivity contribution in [3.8, 4) is 11.3 Å². The van der Waals surface area contributed by atoms with Crippen LogP contribution >= 0.6 is 11.6 Å². The summed E-state index contributed by atoms with van der Waals surface area (Å²) in [6.45, 7) is 1.80. The summed E-state index contributed by atoms with van der Waals surface area (Å²) in [6.07, 6.45) is 1.83. The number of hydrogen-bond acceptors (Lipinski definition) is 4. The van der Waals surface area contributed by atoms with Crippen molar-refractivity contribution in [1.29, 1.82) is 0 Å². The SMILES string of the molecule is CCc1coc(-c2ccc(Cl)c([N+](=O)[O-])c2)c1C(=O)O. The lowest BCUT2D eigenvalue weighted by Gasteiger charge is -2.02. The van der Waals surface area contributed by atoms with Crippen LogP contribution in [0.25, 0.3) is 11.3 Å². The fraction of sp³-hybridized carbons (Fsp3) is 0.154. The van der Waals surface area contributed by atoms with Gasteiger partial charge < -0.3 is 9.52 Å².